The number of benzene rings is 1. The molecule has 1 aromatic carbocycles. The number of nitrogens with two attached hydrogens (primary N) is 1. The van der Waals surface area contributed by atoms with E-state index < -0.39 is 0 Å². The molecule has 1 aliphatic carbocycles. The third kappa shape index (κ3) is 2.45. The van der Waals surface area contributed by atoms with Crippen LogP contribution in [-0.2, 0) is 10.3 Å². The fourth-order valence-corrected chi connectivity index (χ4v) is 3.95. The Hall–Kier alpha value is -1.39. The molecule has 0 spiro atoms. The average molecular weight is 288 g/mol. The Balaban J connectivity index is 1.91. The molecule has 0 amide bonds. The standard InChI is InChI=1S/C16H20N2OS/c1-2-19-16(9-3-4-10-16)15-18-14(11-20-15)12-5-7-13(17)8-6-12/h5-8,11H,2-4,9-10,17H2,1H3. The summed E-state index contributed by atoms with van der Waals surface area (Å²) in [6, 6.07) is 7.89. The van der Waals surface area contributed by atoms with Crippen LogP contribution in [0.15, 0.2) is 29.6 Å². The number of anilines is 1. The van der Waals surface area contributed by atoms with Crippen LogP contribution in [0.5, 0.6) is 0 Å². The first-order valence-corrected chi connectivity index (χ1v) is 8.07. The third-order valence-electron chi connectivity index (χ3n) is 3.93. The third-order valence-corrected chi connectivity index (χ3v) is 4.96. The summed E-state index contributed by atoms with van der Waals surface area (Å²) < 4.78 is 6.07. The molecule has 1 aliphatic rings. The molecule has 0 bridgehead atoms. The van der Waals surface area contributed by atoms with Gasteiger partial charge in [-0.2, -0.15) is 0 Å². The normalized spacial score (nSPS) is 17.4. The summed E-state index contributed by atoms with van der Waals surface area (Å²) >= 11 is 1.72. The second kappa shape index (κ2) is 5.54. The maximum atomic E-state index is 6.07. The molecule has 0 atom stereocenters. The summed E-state index contributed by atoms with van der Waals surface area (Å²) in [6.07, 6.45) is 4.65. The molecular formula is C16H20N2OS. The van der Waals surface area contributed by atoms with Crippen LogP contribution in [-0.4, -0.2) is 11.6 Å². The first-order valence-electron chi connectivity index (χ1n) is 7.19. The summed E-state index contributed by atoms with van der Waals surface area (Å²) in [7, 11) is 0. The molecule has 0 radical (unpaired) electrons. The van der Waals surface area contributed by atoms with E-state index in [1.54, 1.807) is 11.3 Å². The lowest BCUT2D eigenvalue weighted by molar-refractivity contribution is -0.0390. The van der Waals surface area contributed by atoms with E-state index in [0.717, 1.165) is 41.4 Å². The molecule has 2 N–H and O–H groups in total. The van der Waals surface area contributed by atoms with E-state index >= 15 is 0 Å². The summed E-state index contributed by atoms with van der Waals surface area (Å²) in [6.45, 7) is 2.81. The summed E-state index contributed by atoms with van der Waals surface area (Å²) in [5.74, 6) is 0. The number of aromatic nitrogens is 1. The van der Waals surface area contributed by atoms with Gasteiger partial charge >= 0.3 is 0 Å². The number of ether oxygens (including phenoxy) is 1. The van der Waals surface area contributed by atoms with E-state index in [1.807, 2.05) is 24.3 Å². The minimum Gasteiger partial charge on any atom is -0.399 e. The van der Waals surface area contributed by atoms with Crippen LogP contribution in [0.3, 0.4) is 0 Å². The van der Waals surface area contributed by atoms with Crippen molar-refractivity contribution in [1.82, 2.24) is 4.98 Å². The molecule has 0 unspecified atom stereocenters. The number of thiazole rings is 1. The molecule has 0 aliphatic heterocycles. The fraction of sp³-hybridized carbons (Fsp3) is 0.438. The van der Waals surface area contributed by atoms with Crippen molar-refractivity contribution in [1.29, 1.82) is 0 Å². The Bertz CT molecular complexity index is 570. The number of rotatable bonds is 4. The first kappa shape index (κ1) is 13.6. The van der Waals surface area contributed by atoms with Crippen LogP contribution in [0.25, 0.3) is 11.3 Å². The van der Waals surface area contributed by atoms with Gasteiger partial charge in [-0.25, -0.2) is 4.98 Å². The smallest absolute Gasteiger partial charge is 0.125 e. The predicted octanol–water partition coefficient (Wildman–Crippen LogP) is 4.20. The molecule has 3 rings (SSSR count). The SMILES string of the molecule is CCOC1(c2nc(-c3ccc(N)cc3)cs2)CCCC1. The highest BCUT2D eigenvalue weighted by atomic mass is 32.1. The molecule has 3 nitrogen and oxygen atoms in total. The maximum Gasteiger partial charge on any atom is 0.125 e. The minimum atomic E-state index is -0.133. The number of nitrogen functional groups attached to an aromatic ring is 1. The molecular weight excluding hydrogens is 268 g/mol. The van der Waals surface area contributed by atoms with E-state index in [2.05, 4.69) is 12.3 Å². The van der Waals surface area contributed by atoms with Crippen LogP contribution in [0.4, 0.5) is 5.69 Å². The van der Waals surface area contributed by atoms with Gasteiger partial charge in [0.15, 0.2) is 0 Å². The average Bonchev–Trinajstić information content (AvgIpc) is 3.09. The Morgan fingerprint density at radius 2 is 1.95 bits per heavy atom. The molecule has 1 aromatic heterocycles. The maximum absolute atomic E-state index is 6.07. The van der Waals surface area contributed by atoms with Crippen molar-refractivity contribution >= 4 is 17.0 Å². The van der Waals surface area contributed by atoms with Gasteiger partial charge in [-0.3, -0.25) is 0 Å². The van der Waals surface area contributed by atoms with Crippen molar-refractivity contribution in [2.24, 2.45) is 0 Å². The van der Waals surface area contributed by atoms with Crippen molar-refractivity contribution in [2.75, 3.05) is 12.3 Å². The minimum absolute atomic E-state index is 0.133. The van der Waals surface area contributed by atoms with Crippen LogP contribution in [0, 0.1) is 0 Å². The molecule has 0 saturated heterocycles. The van der Waals surface area contributed by atoms with E-state index in [4.69, 9.17) is 15.5 Å². The van der Waals surface area contributed by atoms with Gasteiger partial charge in [-0.1, -0.05) is 25.0 Å². The van der Waals surface area contributed by atoms with Crippen molar-refractivity contribution < 1.29 is 4.74 Å². The Morgan fingerprint density at radius 3 is 2.60 bits per heavy atom. The lowest BCUT2D eigenvalue weighted by Gasteiger charge is -2.26. The van der Waals surface area contributed by atoms with Crippen LogP contribution >= 0.6 is 11.3 Å². The van der Waals surface area contributed by atoms with E-state index in [1.165, 1.54) is 12.8 Å². The predicted molar refractivity (Wildman–Crippen MR) is 83.7 cm³/mol. The monoisotopic (exact) mass is 288 g/mol. The molecule has 1 fully saturated rings. The van der Waals surface area contributed by atoms with Crippen molar-refractivity contribution in [2.45, 2.75) is 38.2 Å². The van der Waals surface area contributed by atoms with E-state index in [9.17, 15) is 0 Å². The first-order chi connectivity index (χ1) is 9.73. The topological polar surface area (TPSA) is 48.1 Å². The van der Waals surface area contributed by atoms with Crippen LogP contribution < -0.4 is 5.73 Å². The zero-order chi connectivity index (χ0) is 14.0. The van der Waals surface area contributed by atoms with E-state index in [0.29, 0.717) is 0 Å². The quantitative estimate of drug-likeness (QED) is 0.858. The van der Waals surface area contributed by atoms with Gasteiger partial charge in [0.1, 0.15) is 10.6 Å². The van der Waals surface area contributed by atoms with Gasteiger partial charge in [0.2, 0.25) is 0 Å². The van der Waals surface area contributed by atoms with Gasteiger partial charge < -0.3 is 10.5 Å². The zero-order valence-electron chi connectivity index (χ0n) is 11.8. The van der Waals surface area contributed by atoms with Gasteiger partial charge in [0.25, 0.3) is 0 Å². The molecule has 1 heterocycles. The van der Waals surface area contributed by atoms with Gasteiger partial charge in [0, 0.05) is 23.2 Å². The summed E-state index contributed by atoms with van der Waals surface area (Å²) in [4.78, 5) is 4.84. The highest BCUT2D eigenvalue weighted by Crippen LogP contribution is 2.44. The van der Waals surface area contributed by atoms with Crippen molar-refractivity contribution in [3.05, 3.63) is 34.7 Å². The molecule has 1 saturated carbocycles. The Morgan fingerprint density at radius 1 is 1.25 bits per heavy atom. The van der Waals surface area contributed by atoms with E-state index in [-0.39, 0.29) is 5.60 Å². The molecule has 20 heavy (non-hydrogen) atoms. The second-order valence-electron chi connectivity index (χ2n) is 5.29. The number of nitrogens with zero attached hydrogens (tertiary/aromatic N) is 1. The largest absolute Gasteiger partial charge is 0.399 e. The lowest BCUT2D eigenvalue weighted by Crippen LogP contribution is -2.25. The van der Waals surface area contributed by atoms with Crippen LogP contribution in [0.2, 0.25) is 0 Å². The van der Waals surface area contributed by atoms with Gasteiger partial charge in [-0.05, 0) is 31.9 Å². The lowest BCUT2D eigenvalue weighted by atomic mass is 10.0. The van der Waals surface area contributed by atoms with Gasteiger partial charge in [0.05, 0.1) is 5.69 Å². The summed E-state index contributed by atoms with van der Waals surface area (Å²) in [5.41, 5.74) is 8.52. The number of hydrogen-bond donors (Lipinski definition) is 1. The fourth-order valence-electron chi connectivity index (χ4n) is 2.91. The van der Waals surface area contributed by atoms with Crippen molar-refractivity contribution in [3.8, 4) is 11.3 Å². The Labute approximate surface area is 123 Å². The zero-order valence-corrected chi connectivity index (χ0v) is 12.6. The van der Waals surface area contributed by atoms with Crippen LogP contribution in [0.1, 0.15) is 37.6 Å². The second-order valence-corrected chi connectivity index (χ2v) is 6.15. The molecule has 2 aromatic rings. The Kier molecular flexibility index (Phi) is 3.76. The molecule has 106 valence electrons. The molecule has 4 heteroatoms. The number of hydrogen-bond acceptors (Lipinski definition) is 4. The van der Waals surface area contributed by atoms with Crippen molar-refractivity contribution in [3.63, 3.8) is 0 Å². The highest BCUT2D eigenvalue weighted by molar-refractivity contribution is 7.10. The van der Waals surface area contributed by atoms with Gasteiger partial charge in [-0.15, -0.1) is 11.3 Å². The summed E-state index contributed by atoms with van der Waals surface area (Å²) in [5, 5.41) is 3.25. The highest BCUT2D eigenvalue weighted by Gasteiger charge is 2.39.